The average molecular weight is 459 g/mol. The number of carbonyl (C=O) groups is 1. The number of hydrogen-bond donors (Lipinski definition) is 0. The van der Waals surface area contributed by atoms with Gasteiger partial charge in [0, 0.05) is 0 Å². The molecule has 0 unspecified atom stereocenters. The van der Waals surface area contributed by atoms with Gasteiger partial charge in [-0.3, -0.25) is 9.69 Å². The van der Waals surface area contributed by atoms with Gasteiger partial charge in [0.1, 0.15) is 0 Å². The SMILES string of the molecule is CCOc1cc(/C=C2/SC(=Nc3ccccc3)N([C@@H](C)c3ccccc3)C2=O)ccc1OC. The first-order valence-electron chi connectivity index (χ1n) is 10.8. The standard InChI is InChI=1S/C27H26N2O3S/c1-4-32-24-17-20(15-16-23(24)31-3)18-25-26(30)29(19(2)21-11-7-5-8-12-21)27(33-25)28-22-13-9-6-10-14-22/h5-19H,4H2,1-3H3/b25-18+,28-27?/t19-/m0/s1. The number of amides is 1. The van der Waals surface area contributed by atoms with Crippen LogP contribution in [0.5, 0.6) is 11.5 Å². The quantitative estimate of drug-likeness (QED) is 0.381. The molecule has 1 saturated heterocycles. The second-order valence-corrected chi connectivity index (χ2v) is 8.45. The Balaban J connectivity index is 1.73. The molecule has 0 aliphatic carbocycles. The zero-order chi connectivity index (χ0) is 23.2. The highest BCUT2D eigenvalue weighted by Crippen LogP contribution is 2.40. The lowest BCUT2D eigenvalue weighted by Crippen LogP contribution is -2.32. The molecule has 1 aliphatic rings. The number of aliphatic imine (C=N–C) groups is 1. The molecule has 168 valence electrons. The molecule has 0 aromatic heterocycles. The van der Waals surface area contributed by atoms with Crippen LogP contribution in [0.3, 0.4) is 0 Å². The highest BCUT2D eigenvalue weighted by Gasteiger charge is 2.37. The summed E-state index contributed by atoms with van der Waals surface area (Å²) in [6.45, 7) is 4.48. The Morgan fingerprint density at radius 1 is 1.00 bits per heavy atom. The fourth-order valence-electron chi connectivity index (χ4n) is 3.60. The number of para-hydroxylation sites is 1. The van der Waals surface area contributed by atoms with Crippen molar-refractivity contribution in [3.63, 3.8) is 0 Å². The summed E-state index contributed by atoms with van der Waals surface area (Å²) in [6.07, 6.45) is 1.88. The van der Waals surface area contributed by atoms with Crippen LogP contribution < -0.4 is 9.47 Å². The van der Waals surface area contributed by atoms with Crippen LogP contribution in [0, 0.1) is 0 Å². The van der Waals surface area contributed by atoms with Crippen molar-refractivity contribution in [1.82, 2.24) is 4.90 Å². The Morgan fingerprint density at radius 2 is 1.70 bits per heavy atom. The van der Waals surface area contributed by atoms with Gasteiger partial charge in [-0.1, -0.05) is 54.6 Å². The molecular weight excluding hydrogens is 432 g/mol. The first kappa shape index (κ1) is 22.7. The molecule has 0 saturated carbocycles. The van der Waals surface area contributed by atoms with Crippen molar-refractivity contribution in [2.75, 3.05) is 13.7 Å². The van der Waals surface area contributed by atoms with Crippen molar-refractivity contribution in [2.45, 2.75) is 19.9 Å². The zero-order valence-corrected chi connectivity index (χ0v) is 19.7. The summed E-state index contributed by atoms with van der Waals surface area (Å²) < 4.78 is 11.1. The summed E-state index contributed by atoms with van der Waals surface area (Å²) >= 11 is 1.38. The largest absolute Gasteiger partial charge is 0.493 e. The van der Waals surface area contributed by atoms with Crippen molar-refractivity contribution >= 4 is 34.6 Å². The molecule has 0 spiro atoms. The average Bonchev–Trinajstić information content (AvgIpc) is 3.14. The molecule has 33 heavy (non-hydrogen) atoms. The van der Waals surface area contributed by atoms with Crippen LogP contribution >= 0.6 is 11.8 Å². The number of carbonyl (C=O) groups excluding carboxylic acids is 1. The number of hydrogen-bond acceptors (Lipinski definition) is 5. The second-order valence-electron chi connectivity index (χ2n) is 7.45. The van der Waals surface area contributed by atoms with E-state index in [0.29, 0.717) is 28.2 Å². The minimum Gasteiger partial charge on any atom is -0.493 e. The molecule has 1 amide bonds. The van der Waals surface area contributed by atoms with Gasteiger partial charge >= 0.3 is 0 Å². The number of nitrogens with zero attached hydrogens (tertiary/aromatic N) is 2. The Hall–Kier alpha value is -3.51. The molecule has 0 radical (unpaired) electrons. The molecule has 5 nitrogen and oxygen atoms in total. The third-order valence-corrected chi connectivity index (χ3v) is 6.26. The van der Waals surface area contributed by atoms with Crippen molar-refractivity contribution in [1.29, 1.82) is 0 Å². The molecule has 1 fully saturated rings. The fraction of sp³-hybridized carbons (Fsp3) is 0.185. The zero-order valence-electron chi connectivity index (χ0n) is 18.9. The summed E-state index contributed by atoms with van der Waals surface area (Å²) in [7, 11) is 1.61. The molecular formula is C27H26N2O3S. The van der Waals surface area contributed by atoms with Crippen LogP contribution in [0.2, 0.25) is 0 Å². The minimum atomic E-state index is -0.158. The van der Waals surface area contributed by atoms with E-state index in [9.17, 15) is 4.79 Å². The predicted molar refractivity (Wildman–Crippen MR) is 135 cm³/mol. The molecule has 3 aromatic carbocycles. The van der Waals surface area contributed by atoms with Gasteiger partial charge in [-0.05, 0) is 67.1 Å². The molecule has 6 heteroatoms. The van der Waals surface area contributed by atoms with E-state index in [1.165, 1.54) is 11.8 Å². The summed E-state index contributed by atoms with van der Waals surface area (Å²) in [5.41, 5.74) is 2.72. The molecule has 1 aliphatic heterocycles. The summed E-state index contributed by atoms with van der Waals surface area (Å²) in [6, 6.07) is 25.2. The number of methoxy groups -OCH3 is 1. The van der Waals surface area contributed by atoms with Gasteiger partial charge < -0.3 is 9.47 Å². The molecule has 1 atom stereocenters. The van der Waals surface area contributed by atoms with Crippen molar-refractivity contribution < 1.29 is 14.3 Å². The van der Waals surface area contributed by atoms with Gasteiger partial charge in [-0.25, -0.2) is 4.99 Å². The highest BCUT2D eigenvalue weighted by molar-refractivity contribution is 8.18. The molecule has 0 bridgehead atoms. The minimum absolute atomic E-state index is 0.0696. The maximum atomic E-state index is 13.6. The van der Waals surface area contributed by atoms with Crippen LogP contribution in [-0.2, 0) is 4.79 Å². The Bertz CT molecular complexity index is 1180. The topological polar surface area (TPSA) is 51.1 Å². The van der Waals surface area contributed by atoms with Crippen molar-refractivity contribution in [2.24, 2.45) is 4.99 Å². The van der Waals surface area contributed by atoms with E-state index in [4.69, 9.17) is 14.5 Å². The molecule has 3 aromatic rings. The molecule has 0 N–H and O–H groups in total. The second kappa shape index (κ2) is 10.4. The van der Waals surface area contributed by atoms with Crippen LogP contribution in [0.25, 0.3) is 6.08 Å². The summed E-state index contributed by atoms with van der Waals surface area (Å²) in [5, 5.41) is 0.660. The van der Waals surface area contributed by atoms with Gasteiger partial charge in [0.05, 0.1) is 30.4 Å². The van der Waals surface area contributed by atoms with Gasteiger partial charge in [0.2, 0.25) is 0 Å². The van der Waals surface area contributed by atoms with E-state index < -0.39 is 0 Å². The first-order chi connectivity index (χ1) is 16.1. The van der Waals surface area contributed by atoms with Gasteiger partial charge in [0.15, 0.2) is 16.7 Å². The summed E-state index contributed by atoms with van der Waals surface area (Å²) in [4.78, 5) is 20.7. The molecule has 1 heterocycles. The van der Waals surface area contributed by atoms with Crippen molar-refractivity contribution in [3.8, 4) is 11.5 Å². The number of ether oxygens (including phenoxy) is 2. The Morgan fingerprint density at radius 3 is 2.36 bits per heavy atom. The van der Waals surface area contributed by atoms with E-state index in [0.717, 1.165) is 16.8 Å². The number of amidine groups is 1. The van der Waals surface area contributed by atoms with Gasteiger partial charge in [0.25, 0.3) is 5.91 Å². The maximum Gasteiger partial charge on any atom is 0.267 e. The Kier molecular flexibility index (Phi) is 7.15. The van der Waals surface area contributed by atoms with Gasteiger partial charge in [-0.2, -0.15) is 0 Å². The lowest BCUT2D eigenvalue weighted by Gasteiger charge is -2.24. The lowest BCUT2D eigenvalue weighted by molar-refractivity contribution is -0.123. The van der Waals surface area contributed by atoms with E-state index in [1.54, 1.807) is 12.0 Å². The monoisotopic (exact) mass is 458 g/mol. The summed E-state index contributed by atoms with van der Waals surface area (Å²) in [5.74, 6) is 1.24. The first-order valence-corrected chi connectivity index (χ1v) is 11.6. The van der Waals surface area contributed by atoms with Crippen molar-refractivity contribution in [3.05, 3.63) is 94.9 Å². The van der Waals surface area contributed by atoms with Crippen LogP contribution in [0.1, 0.15) is 31.0 Å². The van der Waals surface area contributed by atoms with E-state index >= 15 is 0 Å². The van der Waals surface area contributed by atoms with Gasteiger partial charge in [-0.15, -0.1) is 0 Å². The smallest absolute Gasteiger partial charge is 0.267 e. The predicted octanol–water partition coefficient (Wildman–Crippen LogP) is 6.46. The Labute approximate surface area is 198 Å². The number of benzene rings is 3. The van der Waals surface area contributed by atoms with Crippen LogP contribution in [0.4, 0.5) is 5.69 Å². The van der Waals surface area contributed by atoms with E-state index in [2.05, 4.69) is 0 Å². The third kappa shape index (κ3) is 5.12. The van der Waals surface area contributed by atoms with Crippen LogP contribution in [0.15, 0.2) is 88.8 Å². The third-order valence-electron chi connectivity index (χ3n) is 5.27. The normalized spacial score (nSPS) is 16.9. The van der Waals surface area contributed by atoms with Crippen LogP contribution in [-0.4, -0.2) is 29.7 Å². The number of thioether (sulfide) groups is 1. The lowest BCUT2D eigenvalue weighted by atomic mass is 10.1. The fourth-order valence-corrected chi connectivity index (χ4v) is 4.67. The van der Waals surface area contributed by atoms with E-state index in [1.807, 2.05) is 98.8 Å². The number of rotatable bonds is 7. The van der Waals surface area contributed by atoms with E-state index in [-0.39, 0.29) is 11.9 Å². The highest BCUT2D eigenvalue weighted by atomic mass is 32.2. The molecule has 4 rings (SSSR count). The maximum absolute atomic E-state index is 13.6.